The number of sulfone groups is 1. The average Bonchev–Trinajstić information content (AvgIpc) is 2.93. The van der Waals surface area contributed by atoms with Gasteiger partial charge in [0.15, 0.2) is 9.84 Å². The fraction of sp³-hybridized carbons (Fsp3) is 0.500. The molecule has 27 heavy (non-hydrogen) atoms. The Morgan fingerprint density at radius 3 is 2.30 bits per heavy atom. The van der Waals surface area contributed by atoms with Gasteiger partial charge in [0, 0.05) is 17.9 Å². The van der Waals surface area contributed by atoms with E-state index in [0.717, 1.165) is 5.69 Å². The topological polar surface area (TPSA) is 84.0 Å². The van der Waals surface area contributed by atoms with E-state index < -0.39 is 9.84 Å². The van der Waals surface area contributed by atoms with Crippen molar-refractivity contribution >= 4 is 27.3 Å². The van der Waals surface area contributed by atoms with E-state index in [-0.39, 0.29) is 17.5 Å². The third kappa shape index (κ3) is 4.77. The lowest BCUT2D eigenvalue weighted by Gasteiger charge is -2.21. The molecular weight excluding hydrogens is 360 g/mol. The third-order valence-electron chi connectivity index (χ3n) is 4.85. The lowest BCUT2D eigenvalue weighted by molar-refractivity contribution is 0.602. The van der Waals surface area contributed by atoms with Gasteiger partial charge in [-0.1, -0.05) is 45.9 Å². The van der Waals surface area contributed by atoms with E-state index in [1.165, 1.54) is 11.1 Å². The highest BCUT2D eigenvalue weighted by Crippen LogP contribution is 2.34. The SMILES string of the molecule is CC(C)c1cccc(C(C)C)c1Nc1ccnc(NC2CCS(=O)(=O)C2)n1. The minimum Gasteiger partial charge on any atom is -0.350 e. The molecule has 2 heterocycles. The molecule has 1 unspecified atom stereocenters. The van der Waals surface area contributed by atoms with Crippen LogP contribution in [0.3, 0.4) is 0 Å². The second kappa shape index (κ2) is 7.84. The van der Waals surface area contributed by atoms with Crippen molar-refractivity contribution in [2.24, 2.45) is 0 Å². The predicted octanol–water partition coefficient (Wildman–Crippen LogP) is 4.07. The van der Waals surface area contributed by atoms with Crippen molar-refractivity contribution in [2.45, 2.75) is 52.0 Å². The fourth-order valence-electron chi connectivity index (χ4n) is 3.41. The van der Waals surface area contributed by atoms with Gasteiger partial charge in [-0.3, -0.25) is 0 Å². The number of benzene rings is 1. The number of anilines is 3. The summed E-state index contributed by atoms with van der Waals surface area (Å²) in [6, 6.07) is 8.09. The zero-order chi connectivity index (χ0) is 19.6. The van der Waals surface area contributed by atoms with Gasteiger partial charge in [-0.05, 0) is 35.4 Å². The number of hydrogen-bond acceptors (Lipinski definition) is 6. The Kier molecular flexibility index (Phi) is 5.69. The maximum Gasteiger partial charge on any atom is 0.224 e. The van der Waals surface area contributed by atoms with Crippen molar-refractivity contribution in [1.82, 2.24) is 9.97 Å². The summed E-state index contributed by atoms with van der Waals surface area (Å²) in [5, 5.41) is 6.63. The van der Waals surface area contributed by atoms with E-state index in [1.54, 1.807) is 6.20 Å². The molecule has 0 amide bonds. The molecule has 1 atom stereocenters. The van der Waals surface area contributed by atoms with Crippen LogP contribution < -0.4 is 10.6 Å². The molecule has 6 nitrogen and oxygen atoms in total. The molecule has 1 aromatic heterocycles. The van der Waals surface area contributed by atoms with Gasteiger partial charge in [-0.15, -0.1) is 0 Å². The van der Waals surface area contributed by atoms with Crippen LogP contribution in [0.15, 0.2) is 30.5 Å². The van der Waals surface area contributed by atoms with Crippen LogP contribution in [0, 0.1) is 0 Å². The Morgan fingerprint density at radius 1 is 1.07 bits per heavy atom. The maximum absolute atomic E-state index is 11.6. The van der Waals surface area contributed by atoms with E-state index in [1.807, 2.05) is 6.07 Å². The zero-order valence-electron chi connectivity index (χ0n) is 16.4. The van der Waals surface area contributed by atoms with Crippen LogP contribution in [-0.4, -0.2) is 35.9 Å². The number of rotatable bonds is 6. The van der Waals surface area contributed by atoms with Gasteiger partial charge < -0.3 is 10.6 Å². The molecule has 0 saturated carbocycles. The summed E-state index contributed by atoms with van der Waals surface area (Å²) in [7, 11) is -2.94. The zero-order valence-corrected chi connectivity index (χ0v) is 17.2. The second-order valence-corrected chi connectivity index (χ2v) is 9.98. The molecular formula is C20H28N4O2S. The molecule has 1 fully saturated rings. The van der Waals surface area contributed by atoms with Crippen molar-refractivity contribution in [3.63, 3.8) is 0 Å². The highest BCUT2D eigenvalue weighted by atomic mass is 32.2. The summed E-state index contributed by atoms with van der Waals surface area (Å²) in [6.07, 6.45) is 2.28. The Bertz CT molecular complexity index is 884. The van der Waals surface area contributed by atoms with Gasteiger partial charge in [0.05, 0.1) is 11.5 Å². The van der Waals surface area contributed by atoms with Gasteiger partial charge in [-0.25, -0.2) is 13.4 Å². The van der Waals surface area contributed by atoms with Crippen molar-refractivity contribution in [2.75, 3.05) is 22.1 Å². The molecule has 1 aliphatic rings. The van der Waals surface area contributed by atoms with Gasteiger partial charge in [0.2, 0.25) is 5.95 Å². The summed E-state index contributed by atoms with van der Waals surface area (Å²) >= 11 is 0. The molecule has 7 heteroatoms. The van der Waals surface area contributed by atoms with Crippen molar-refractivity contribution in [3.05, 3.63) is 41.6 Å². The summed E-state index contributed by atoms with van der Waals surface area (Å²) in [6.45, 7) is 8.71. The summed E-state index contributed by atoms with van der Waals surface area (Å²) in [5.41, 5.74) is 3.59. The molecule has 146 valence electrons. The molecule has 0 radical (unpaired) electrons. The average molecular weight is 389 g/mol. The number of nitrogens with zero attached hydrogens (tertiary/aromatic N) is 2. The molecule has 1 saturated heterocycles. The van der Waals surface area contributed by atoms with Crippen LogP contribution in [0.5, 0.6) is 0 Å². The minimum absolute atomic E-state index is 0.126. The van der Waals surface area contributed by atoms with Gasteiger partial charge in [0.25, 0.3) is 0 Å². The van der Waals surface area contributed by atoms with Crippen molar-refractivity contribution < 1.29 is 8.42 Å². The maximum atomic E-state index is 11.6. The van der Waals surface area contributed by atoms with Crippen LogP contribution >= 0.6 is 0 Å². The molecule has 0 aliphatic carbocycles. The van der Waals surface area contributed by atoms with Crippen LogP contribution in [0.4, 0.5) is 17.5 Å². The lowest BCUT2D eigenvalue weighted by atomic mass is 9.92. The quantitative estimate of drug-likeness (QED) is 0.776. The van der Waals surface area contributed by atoms with Crippen LogP contribution in [0.1, 0.15) is 57.1 Å². The molecule has 1 aliphatic heterocycles. The summed E-state index contributed by atoms with van der Waals surface area (Å²) in [5.74, 6) is 2.28. The van der Waals surface area contributed by atoms with Crippen LogP contribution in [0.2, 0.25) is 0 Å². The first kappa shape index (κ1) is 19.6. The number of nitrogens with one attached hydrogen (secondary N) is 2. The third-order valence-corrected chi connectivity index (χ3v) is 6.62. The molecule has 2 N–H and O–H groups in total. The fourth-order valence-corrected chi connectivity index (χ4v) is 5.09. The van der Waals surface area contributed by atoms with E-state index >= 15 is 0 Å². The van der Waals surface area contributed by atoms with Crippen molar-refractivity contribution in [1.29, 1.82) is 0 Å². The van der Waals surface area contributed by atoms with E-state index in [0.29, 0.717) is 30.0 Å². The number of para-hydroxylation sites is 1. The Labute approximate surface area is 161 Å². The summed E-state index contributed by atoms with van der Waals surface area (Å²) < 4.78 is 23.3. The largest absolute Gasteiger partial charge is 0.350 e. The van der Waals surface area contributed by atoms with Crippen molar-refractivity contribution in [3.8, 4) is 0 Å². The normalized spacial score (nSPS) is 18.8. The minimum atomic E-state index is -2.94. The monoisotopic (exact) mass is 388 g/mol. The number of aromatic nitrogens is 2. The molecule has 0 spiro atoms. The van der Waals surface area contributed by atoms with E-state index in [9.17, 15) is 8.42 Å². The Morgan fingerprint density at radius 2 is 1.74 bits per heavy atom. The number of hydrogen-bond donors (Lipinski definition) is 2. The Hall–Kier alpha value is -2.15. The first-order valence-corrected chi connectivity index (χ1v) is 11.3. The van der Waals surface area contributed by atoms with Gasteiger partial charge in [0.1, 0.15) is 5.82 Å². The van der Waals surface area contributed by atoms with Gasteiger partial charge in [-0.2, -0.15) is 4.98 Å². The Balaban J connectivity index is 1.85. The van der Waals surface area contributed by atoms with E-state index in [4.69, 9.17) is 0 Å². The molecule has 0 bridgehead atoms. The van der Waals surface area contributed by atoms with Crippen LogP contribution in [-0.2, 0) is 9.84 Å². The summed E-state index contributed by atoms with van der Waals surface area (Å²) in [4.78, 5) is 8.80. The first-order valence-electron chi connectivity index (χ1n) is 9.45. The predicted molar refractivity (Wildman–Crippen MR) is 111 cm³/mol. The first-order chi connectivity index (χ1) is 12.7. The highest BCUT2D eigenvalue weighted by molar-refractivity contribution is 7.91. The highest BCUT2D eigenvalue weighted by Gasteiger charge is 2.28. The smallest absolute Gasteiger partial charge is 0.224 e. The molecule has 2 aromatic rings. The molecule has 1 aromatic carbocycles. The standard InChI is InChI=1S/C20H28N4O2S/c1-13(2)16-6-5-7-17(14(3)4)19(16)23-18-8-10-21-20(24-18)22-15-9-11-27(25,26)12-15/h5-8,10,13-15H,9,11-12H2,1-4H3,(H2,21,22,23,24). The molecule has 3 rings (SSSR count). The second-order valence-electron chi connectivity index (χ2n) is 7.76. The lowest BCUT2D eigenvalue weighted by Crippen LogP contribution is -2.22. The van der Waals surface area contributed by atoms with Gasteiger partial charge >= 0.3 is 0 Å². The van der Waals surface area contributed by atoms with Crippen LogP contribution in [0.25, 0.3) is 0 Å². The van der Waals surface area contributed by atoms with E-state index in [2.05, 4.69) is 66.5 Å².